The Bertz CT molecular complexity index is 741. The zero-order chi connectivity index (χ0) is 27.4. The molecule has 15 N–H and O–H groups in total. The third-order valence-electron chi connectivity index (χ3n) is 7.33. The van der Waals surface area contributed by atoms with E-state index in [-0.39, 0.29) is 32.0 Å². The molecule has 0 radical (unpaired) electrons. The lowest BCUT2D eigenvalue weighted by molar-refractivity contribution is -0.309. The van der Waals surface area contributed by atoms with Gasteiger partial charge < -0.3 is 73.4 Å². The molecule has 1 amide bonds. The monoisotopic (exact) mass is 536 g/mol. The van der Waals surface area contributed by atoms with Crippen molar-refractivity contribution < 1.29 is 44.2 Å². The zero-order valence-corrected chi connectivity index (χ0v) is 21.0. The van der Waals surface area contributed by atoms with Crippen LogP contribution in [0.1, 0.15) is 32.6 Å². The molecule has 15 heteroatoms. The molecule has 2 heterocycles. The molecule has 15 nitrogen and oxygen atoms in total. The van der Waals surface area contributed by atoms with Gasteiger partial charge in [0.1, 0.15) is 30.5 Å². The molecule has 1 aliphatic carbocycles. The van der Waals surface area contributed by atoms with E-state index in [1.54, 1.807) is 6.92 Å². The van der Waals surface area contributed by atoms with Crippen LogP contribution >= 0.6 is 0 Å². The maximum absolute atomic E-state index is 12.6. The Labute approximate surface area is 215 Å². The topological polar surface area (TPSA) is 277 Å². The van der Waals surface area contributed by atoms with Crippen LogP contribution in [0.4, 0.5) is 0 Å². The molecule has 0 aromatic rings. The Morgan fingerprint density at radius 2 is 1.65 bits per heavy atom. The van der Waals surface area contributed by atoms with E-state index in [0.717, 1.165) is 0 Å². The lowest BCUT2D eigenvalue weighted by Crippen LogP contribution is -2.68. The number of nitrogens with two attached hydrogens (primary N) is 5. The predicted molar refractivity (Wildman–Crippen MR) is 129 cm³/mol. The van der Waals surface area contributed by atoms with Crippen molar-refractivity contribution in [3.63, 3.8) is 0 Å². The van der Waals surface area contributed by atoms with Crippen molar-refractivity contribution in [1.29, 1.82) is 0 Å². The van der Waals surface area contributed by atoms with Gasteiger partial charge in [-0.25, -0.2) is 0 Å². The van der Waals surface area contributed by atoms with Crippen LogP contribution in [0, 0.1) is 0 Å². The molecule has 6 unspecified atom stereocenters. The van der Waals surface area contributed by atoms with Gasteiger partial charge in [-0.15, -0.1) is 0 Å². The van der Waals surface area contributed by atoms with E-state index >= 15 is 0 Å². The molecule has 2 saturated heterocycles. The van der Waals surface area contributed by atoms with Crippen LogP contribution in [0.2, 0.25) is 0 Å². The van der Waals surface area contributed by atoms with Crippen molar-refractivity contribution in [3.8, 4) is 0 Å². The third kappa shape index (κ3) is 7.13. The molecule has 0 aromatic heterocycles. The molecule has 3 rings (SSSR count). The predicted octanol–water partition coefficient (Wildman–Crippen LogP) is -5.37. The van der Waals surface area contributed by atoms with Crippen molar-refractivity contribution in [3.05, 3.63) is 0 Å². The van der Waals surface area contributed by atoms with Crippen molar-refractivity contribution in [2.45, 2.75) is 118 Å². The molecule has 37 heavy (non-hydrogen) atoms. The number of aliphatic hydroxyl groups excluding tert-OH is 4. The van der Waals surface area contributed by atoms with E-state index in [4.69, 9.17) is 47.6 Å². The van der Waals surface area contributed by atoms with E-state index < -0.39 is 85.4 Å². The molecule has 2 aliphatic heterocycles. The van der Waals surface area contributed by atoms with Crippen molar-refractivity contribution >= 4 is 5.91 Å². The fraction of sp³-hybridized carbons (Fsp3) is 0.955. The summed E-state index contributed by atoms with van der Waals surface area (Å²) in [5.41, 5.74) is 29.6. The molecule has 0 spiro atoms. The second kappa shape index (κ2) is 13.3. The largest absolute Gasteiger partial charge is 0.389 e. The number of carbonyl (C=O) groups excluding carboxylic acids is 1. The Morgan fingerprint density at radius 1 is 0.973 bits per heavy atom. The van der Waals surface area contributed by atoms with Gasteiger partial charge in [0.2, 0.25) is 5.91 Å². The van der Waals surface area contributed by atoms with Crippen LogP contribution in [-0.4, -0.2) is 125 Å². The first-order valence-corrected chi connectivity index (χ1v) is 12.8. The number of nitrogens with one attached hydrogen (secondary N) is 1. The maximum Gasteiger partial charge on any atom is 0.249 e. The highest BCUT2D eigenvalue weighted by atomic mass is 16.7. The SMILES string of the molecule is CC1O[C@H](O[C@@H]2C(O)C(O[C@H]3OC(CN)CCC3N)[C@@H](N)C[C@H]2NC(=O)[C@@H](O)CCN)C(O)[C@@H](N)[C@@H]1O. The normalized spacial score (nSPS) is 45.8. The molecule has 14 atom stereocenters. The molecule has 0 aromatic carbocycles. The summed E-state index contributed by atoms with van der Waals surface area (Å²) in [6.07, 6.45) is -9.53. The van der Waals surface area contributed by atoms with Crippen molar-refractivity contribution in [2.75, 3.05) is 13.1 Å². The summed E-state index contributed by atoms with van der Waals surface area (Å²) >= 11 is 0. The van der Waals surface area contributed by atoms with E-state index in [1.807, 2.05) is 0 Å². The van der Waals surface area contributed by atoms with Crippen LogP contribution in [-0.2, 0) is 23.7 Å². The summed E-state index contributed by atoms with van der Waals surface area (Å²) in [6.45, 7) is 1.92. The summed E-state index contributed by atoms with van der Waals surface area (Å²) in [7, 11) is 0. The van der Waals surface area contributed by atoms with Gasteiger partial charge in [-0.1, -0.05) is 0 Å². The maximum atomic E-state index is 12.6. The average Bonchev–Trinajstić information content (AvgIpc) is 2.86. The lowest BCUT2D eigenvalue weighted by atomic mass is 9.83. The third-order valence-corrected chi connectivity index (χ3v) is 7.33. The Hall–Kier alpha value is -1.05. The number of ether oxygens (including phenoxy) is 4. The number of hydrogen-bond acceptors (Lipinski definition) is 14. The smallest absolute Gasteiger partial charge is 0.249 e. The Kier molecular flexibility index (Phi) is 11.0. The van der Waals surface area contributed by atoms with Crippen LogP contribution in [0.15, 0.2) is 0 Å². The fourth-order valence-corrected chi connectivity index (χ4v) is 4.98. The van der Waals surface area contributed by atoms with Gasteiger partial charge in [-0.3, -0.25) is 4.79 Å². The van der Waals surface area contributed by atoms with Crippen molar-refractivity contribution in [2.24, 2.45) is 28.7 Å². The van der Waals surface area contributed by atoms with Crippen LogP contribution in [0.3, 0.4) is 0 Å². The number of rotatable bonds is 9. The molecule has 3 fully saturated rings. The van der Waals surface area contributed by atoms with Crippen LogP contribution < -0.4 is 34.0 Å². The quantitative estimate of drug-likeness (QED) is 0.132. The first kappa shape index (κ1) is 30.5. The number of carbonyl (C=O) groups is 1. The highest BCUT2D eigenvalue weighted by Gasteiger charge is 2.50. The minimum atomic E-state index is -1.44. The van der Waals surface area contributed by atoms with E-state index in [0.29, 0.717) is 12.8 Å². The molecular formula is C22H44N6O9. The lowest BCUT2D eigenvalue weighted by Gasteiger charge is -2.48. The summed E-state index contributed by atoms with van der Waals surface area (Å²) in [6, 6.07) is -3.25. The average molecular weight is 537 g/mol. The summed E-state index contributed by atoms with van der Waals surface area (Å²) in [5, 5.41) is 44.8. The zero-order valence-electron chi connectivity index (χ0n) is 21.0. The fourth-order valence-electron chi connectivity index (χ4n) is 4.98. The van der Waals surface area contributed by atoms with Crippen LogP contribution in [0.5, 0.6) is 0 Å². The number of aliphatic hydroxyl groups is 4. The minimum Gasteiger partial charge on any atom is -0.389 e. The molecule has 0 bridgehead atoms. The summed E-state index contributed by atoms with van der Waals surface area (Å²) in [5.74, 6) is -0.725. The van der Waals surface area contributed by atoms with Gasteiger partial charge in [0, 0.05) is 12.6 Å². The molecule has 3 aliphatic rings. The second-order valence-corrected chi connectivity index (χ2v) is 10.2. The molecule has 216 valence electrons. The Balaban J connectivity index is 1.81. The van der Waals surface area contributed by atoms with Crippen LogP contribution in [0.25, 0.3) is 0 Å². The van der Waals surface area contributed by atoms with Crippen molar-refractivity contribution in [1.82, 2.24) is 5.32 Å². The van der Waals surface area contributed by atoms with Gasteiger partial charge in [-0.05, 0) is 39.2 Å². The van der Waals surface area contributed by atoms with E-state index in [2.05, 4.69) is 5.32 Å². The van der Waals surface area contributed by atoms with Gasteiger partial charge in [0.25, 0.3) is 0 Å². The first-order valence-electron chi connectivity index (χ1n) is 12.8. The highest BCUT2D eigenvalue weighted by Crippen LogP contribution is 2.31. The first-order chi connectivity index (χ1) is 17.5. The van der Waals surface area contributed by atoms with E-state index in [1.165, 1.54) is 0 Å². The number of hydrogen-bond donors (Lipinski definition) is 10. The van der Waals surface area contributed by atoms with E-state index in [9.17, 15) is 25.2 Å². The number of amides is 1. The van der Waals surface area contributed by atoms with Gasteiger partial charge in [-0.2, -0.15) is 0 Å². The van der Waals surface area contributed by atoms with Gasteiger partial charge in [0.15, 0.2) is 12.6 Å². The summed E-state index contributed by atoms with van der Waals surface area (Å²) < 4.78 is 23.5. The minimum absolute atomic E-state index is 0.0261. The summed E-state index contributed by atoms with van der Waals surface area (Å²) in [4.78, 5) is 12.6. The molecule has 1 saturated carbocycles. The van der Waals surface area contributed by atoms with Gasteiger partial charge in [0.05, 0.1) is 36.4 Å². The Morgan fingerprint density at radius 3 is 2.30 bits per heavy atom. The standard InChI is InChI=1S/C22H44N6O9/c1-8-15(30)14(27)16(31)22(34-8)37-19-12(28-20(33)13(29)4-5-23)6-11(26)18(17(19)32)36-21-10(25)3-2-9(7-24)35-21/h8-19,21-22,29-32H,2-7,23-27H2,1H3,(H,28,33)/t8?,9?,10?,11-,12+,13-,14-,15+,16?,17?,18?,19-,21+,22+/m0/s1. The molecular weight excluding hydrogens is 492 g/mol. The second-order valence-electron chi connectivity index (χ2n) is 10.2. The van der Waals surface area contributed by atoms with Gasteiger partial charge >= 0.3 is 0 Å². The highest BCUT2D eigenvalue weighted by molar-refractivity contribution is 5.80.